The van der Waals surface area contributed by atoms with Crippen LogP contribution in [0.1, 0.15) is 13.8 Å². The van der Waals surface area contributed by atoms with Gasteiger partial charge in [0.05, 0.1) is 11.7 Å². The van der Waals surface area contributed by atoms with Crippen LogP contribution in [0.2, 0.25) is 0 Å². The van der Waals surface area contributed by atoms with Gasteiger partial charge < -0.3 is 0 Å². The molecule has 15 heavy (non-hydrogen) atoms. The van der Waals surface area contributed by atoms with Crippen LogP contribution in [-0.2, 0) is 17.1 Å². The summed E-state index contributed by atoms with van der Waals surface area (Å²) < 4.78 is 27.3. The van der Waals surface area contributed by atoms with Crippen molar-refractivity contribution in [3.63, 3.8) is 0 Å². The Balaban J connectivity index is 3.08. The number of hydrogen-bond acceptors (Lipinski definition) is 3. The van der Waals surface area contributed by atoms with Crippen molar-refractivity contribution in [2.45, 2.75) is 24.4 Å². The number of rotatable bonds is 3. The molecule has 0 saturated heterocycles. The van der Waals surface area contributed by atoms with Crippen molar-refractivity contribution in [1.29, 1.82) is 0 Å². The molecule has 0 aliphatic rings. The van der Waals surface area contributed by atoms with Gasteiger partial charge in [0.25, 0.3) is 10.0 Å². The molecule has 0 spiro atoms. The maximum Gasteiger partial charge on any atom is 0.258 e. The molecule has 0 unspecified atom stereocenters. The average Bonchev–Trinajstić information content (AvgIpc) is 2.50. The van der Waals surface area contributed by atoms with Crippen LogP contribution in [0.3, 0.4) is 0 Å². The summed E-state index contributed by atoms with van der Waals surface area (Å²) in [5.41, 5.74) is -0.914. The van der Waals surface area contributed by atoms with Gasteiger partial charge in [0.1, 0.15) is 0 Å². The zero-order valence-electron chi connectivity index (χ0n) is 8.85. The highest BCUT2D eigenvalue weighted by Gasteiger charge is 2.26. The smallest absolute Gasteiger partial charge is 0.256 e. The third kappa shape index (κ3) is 2.58. The van der Waals surface area contributed by atoms with E-state index in [1.54, 1.807) is 20.9 Å². The molecule has 1 rings (SSSR count). The molecular formula is C9H13N3O2S. The van der Waals surface area contributed by atoms with E-state index in [-0.39, 0.29) is 5.03 Å². The predicted octanol–water partition coefficient (Wildman–Crippen LogP) is 0.110. The van der Waals surface area contributed by atoms with Crippen molar-refractivity contribution in [3.8, 4) is 12.3 Å². The molecule has 1 aromatic rings. The first-order chi connectivity index (χ1) is 6.78. The van der Waals surface area contributed by atoms with E-state index in [1.165, 1.54) is 16.9 Å². The molecule has 1 heterocycles. The lowest BCUT2D eigenvalue weighted by atomic mass is 10.1. The van der Waals surface area contributed by atoms with E-state index in [4.69, 9.17) is 6.42 Å². The van der Waals surface area contributed by atoms with Crippen molar-refractivity contribution in [2.75, 3.05) is 0 Å². The van der Waals surface area contributed by atoms with Gasteiger partial charge in [-0.25, -0.2) is 8.42 Å². The molecule has 0 fully saturated rings. The molecule has 0 saturated carbocycles. The molecule has 0 radical (unpaired) electrons. The number of hydrogen-bond donors (Lipinski definition) is 1. The molecule has 0 aliphatic carbocycles. The van der Waals surface area contributed by atoms with Gasteiger partial charge in [-0.3, -0.25) is 4.68 Å². The molecular weight excluding hydrogens is 214 g/mol. The van der Waals surface area contributed by atoms with Gasteiger partial charge in [-0.2, -0.15) is 9.82 Å². The lowest BCUT2D eigenvalue weighted by Crippen LogP contribution is -2.42. The van der Waals surface area contributed by atoms with E-state index in [0.29, 0.717) is 0 Å². The largest absolute Gasteiger partial charge is 0.258 e. The van der Waals surface area contributed by atoms with E-state index in [9.17, 15) is 8.42 Å². The highest BCUT2D eigenvalue weighted by atomic mass is 32.2. The maximum absolute atomic E-state index is 11.8. The van der Waals surface area contributed by atoms with Crippen LogP contribution >= 0.6 is 0 Å². The normalized spacial score (nSPS) is 12.4. The molecule has 0 atom stereocenters. The maximum atomic E-state index is 11.8. The molecule has 5 nitrogen and oxygen atoms in total. The quantitative estimate of drug-likeness (QED) is 0.745. The van der Waals surface area contributed by atoms with Crippen LogP contribution < -0.4 is 4.72 Å². The Hall–Kier alpha value is -1.32. The molecule has 1 N–H and O–H groups in total. The van der Waals surface area contributed by atoms with E-state index < -0.39 is 15.6 Å². The summed E-state index contributed by atoms with van der Waals surface area (Å²) >= 11 is 0. The Morgan fingerprint density at radius 3 is 2.60 bits per heavy atom. The molecule has 0 bridgehead atoms. The number of aryl methyl sites for hydroxylation is 1. The minimum absolute atomic E-state index is 0.0887. The average molecular weight is 227 g/mol. The first-order valence-electron chi connectivity index (χ1n) is 4.28. The number of nitrogens with zero attached hydrogens (tertiary/aromatic N) is 2. The summed E-state index contributed by atoms with van der Waals surface area (Å²) in [6.45, 7) is 3.22. The van der Waals surface area contributed by atoms with Crippen LogP contribution in [0, 0.1) is 12.3 Å². The van der Waals surface area contributed by atoms with E-state index in [0.717, 1.165) is 0 Å². The van der Waals surface area contributed by atoms with E-state index in [2.05, 4.69) is 15.7 Å². The number of aromatic nitrogens is 2. The van der Waals surface area contributed by atoms with E-state index in [1.807, 2.05) is 0 Å². The van der Waals surface area contributed by atoms with Gasteiger partial charge >= 0.3 is 0 Å². The fraction of sp³-hybridized carbons (Fsp3) is 0.444. The molecule has 82 valence electrons. The van der Waals surface area contributed by atoms with Gasteiger partial charge in [0.2, 0.25) is 0 Å². The van der Waals surface area contributed by atoms with Crippen molar-refractivity contribution < 1.29 is 8.42 Å². The number of nitrogens with one attached hydrogen (secondary N) is 1. The topological polar surface area (TPSA) is 64.0 Å². The van der Waals surface area contributed by atoms with Gasteiger partial charge in [0, 0.05) is 7.05 Å². The molecule has 0 aliphatic heterocycles. The minimum Gasteiger partial charge on any atom is -0.256 e. The summed E-state index contributed by atoms with van der Waals surface area (Å²) in [5, 5.41) is 3.87. The van der Waals surface area contributed by atoms with Crippen molar-refractivity contribution in [2.24, 2.45) is 7.05 Å². The van der Waals surface area contributed by atoms with Crippen LogP contribution in [0.5, 0.6) is 0 Å². The third-order valence-electron chi connectivity index (χ3n) is 1.80. The second-order valence-electron chi connectivity index (χ2n) is 3.67. The minimum atomic E-state index is -3.61. The standard InChI is InChI=1S/C9H13N3O2S/c1-5-9(2,3)11-15(13,14)8-6-7-10-12(8)4/h1,6-7,11H,2-4H3. The monoisotopic (exact) mass is 227 g/mol. The van der Waals surface area contributed by atoms with Crippen LogP contribution in [0.4, 0.5) is 0 Å². The highest BCUT2D eigenvalue weighted by Crippen LogP contribution is 2.10. The molecule has 6 heteroatoms. The van der Waals surface area contributed by atoms with Crippen LogP contribution in [-0.4, -0.2) is 23.7 Å². The van der Waals surface area contributed by atoms with Gasteiger partial charge in [-0.1, -0.05) is 5.92 Å². The summed E-state index contributed by atoms with van der Waals surface area (Å²) in [5.74, 6) is 2.36. The predicted molar refractivity (Wildman–Crippen MR) is 56.4 cm³/mol. The fourth-order valence-electron chi connectivity index (χ4n) is 1.04. The second kappa shape index (κ2) is 3.68. The number of terminal acetylenes is 1. The van der Waals surface area contributed by atoms with Crippen molar-refractivity contribution in [1.82, 2.24) is 14.5 Å². The highest BCUT2D eigenvalue weighted by molar-refractivity contribution is 7.89. The summed E-state index contributed by atoms with van der Waals surface area (Å²) in [6, 6.07) is 1.41. The van der Waals surface area contributed by atoms with Crippen molar-refractivity contribution in [3.05, 3.63) is 12.3 Å². The van der Waals surface area contributed by atoms with Gasteiger partial charge in [0.15, 0.2) is 5.03 Å². The Kier molecular flexibility index (Phi) is 2.88. The zero-order chi connectivity index (χ0) is 11.7. The summed E-state index contributed by atoms with van der Waals surface area (Å²) in [4.78, 5) is 0. The Morgan fingerprint density at radius 2 is 2.20 bits per heavy atom. The molecule has 1 aromatic heterocycles. The Morgan fingerprint density at radius 1 is 1.60 bits per heavy atom. The number of sulfonamides is 1. The first kappa shape index (κ1) is 11.8. The second-order valence-corrected chi connectivity index (χ2v) is 5.30. The fourth-order valence-corrected chi connectivity index (χ4v) is 2.51. The lowest BCUT2D eigenvalue weighted by Gasteiger charge is -2.19. The Bertz CT molecular complexity index is 494. The lowest BCUT2D eigenvalue weighted by molar-refractivity contribution is 0.526. The summed E-state index contributed by atoms with van der Waals surface area (Å²) in [7, 11) is -2.06. The molecule has 0 aromatic carbocycles. The van der Waals surface area contributed by atoms with Gasteiger partial charge in [-0.05, 0) is 19.9 Å². The van der Waals surface area contributed by atoms with Gasteiger partial charge in [-0.15, -0.1) is 6.42 Å². The van der Waals surface area contributed by atoms with Crippen LogP contribution in [0.15, 0.2) is 17.3 Å². The first-order valence-corrected chi connectivity index (χ1v) is 5.76. The van der Waals surface area contributed by atoms with E-state index >= 15 is 0 Å². The molecule has 0 amide bonds. The zero-order valence-corrected chi connectivity index (χ0v) is 9.67. The van der Waals surface area contributed by atoms with Crippen molar-refractivity contribution >= 4 is 10.0 Å². The Labute approximate surface area is 89.5 Å². The van der Waals surface area contributed by atoms with Crippen LogP contribution in [0.25, 0.3) is 0 Å². The third-order valence-corrected chi connectivity index (χ3v) is 3.53. The SMILES string of the molecule is C#CC(C)(C)NS(=O)(=O)c1ccnn1C. The summed E-state index contributed by atoms with van der Waals surface area (Å²) in [6.07, 6.45) is 6.62.